The zero-order valence-corrected chi connectivity index (χ0v) is 11.1. The first-order chi connectivity index (χ1) is 8.31. The molecule has 0 saturated carbocycles. The maximum absolute atomic E-state index is 11.6. The fourth-order valence-electron chi connectivity index (χ4n) is 2.24. The summed E-state index contributed by atoms with van der Waals surface area (Å²) in [6.07, 6.45) is 3.50. The van der Waals surface area contributed by atoms with Crippen LogP contribution in [-0.4, -0.2) is 22.2 Å². The number of hydrogen-bond acceptors (Lipinski definition) is 2. The molecule has 0 aromatic heterocycles. The van der Waals surface area contributed by atoms with Gasteiger partial charge in [-0.15, -0.1) is 13.2 Å². The molecule has 0 amide bonds. The van der Waals surface area contributed by atoms with Crippen LogP contribution in [-0.2, 0) is 9.59 Å². The average Bonchev–Trinajstić information content (AvgIpc) is 2.24. The van der Waals surface area contributed by atoms with Crippen LogP contribution < -0.4 is 0 Å². The second-order valence-corrected chi connectivity index (χ2v) is 4.97. The first-order valence-corrected chi connectivity index (χ1v) is 5.99. The summed E-state index contributed by atoms with van der Waals surface area (Å²) in [6, 6.07) is 0. The minimum Gasteiger partial charge on any atom is -0.481 e. The third-order valence-corrected chi connectivity index (χ3v) is 3.12. The normalized spacial score (nSPS) is 13.1. The molecule has 1 atom stereocenters. The quantitative estimate of drug-likeness (QED) is 0.620. The van der Waals surface area contributed by atoms with Crippen molar-refractivity contribution < 1.29 is 19.8 Å². The van der Waals surface area contributed by atoms with E-state index in [1.807, 2.05) is 13.8 Å². The SMILES string of the molecule is C=CCC(CC=C)(C(=O)O)C(CC(C)C)C(=O)O. The molecule has 0 aromatic rings. The smallest absolute Gasteiger partial charge is 0.311 e. The highest BCUT2D eigenvalue weighted by Gasteiger charge is 2.47. The van der Waals surface area contributed by atoms with E-state index in [0.717, 1.165) is 0 Å². The van der Waals surface area contributed by atoms with Crippen LogP contribution in [0, 0.1) is 17.3 Å². The first kappa shape index (κ1) is 16.4. The Hall–Kier alpha value is -1.58. The fourth-order valence-corrected chi connectivity index (χ4v) is 2.24. The molecule has 0 rings (SSSR count). The van der Waals surface area contributed by atoms with Crippen molar-refractivity contribution in [2.24, 2.45) is 17.3 Å². The summed E-state index contributed by atoms with van der Waals surface area (Å²) in [5.41, 5.74) is -1.35. The molecular weight excluding hydrogens is 232 g/mol. The van der Waals surface area contributed by atoms with E-state index >= 15 is 0 Å². The maximum atomic E-state index is 11.6. The summed E-state index contributed by atoms with van der Waals surface area (Å²) in [7, 11) is 0. The average molecular weight is 254 g/mol. The summed E-state index contributed by atoms with van der Waals surface area (Å²) in [6.45, 7) is 10.8. The van der Waals surface area contributed by atoms with Gasteiger partial charge in [-0.25, -0.2) is 0 Å². The standard InChI is InChI=1S/C14H22O4/c1-5-7-14(8-6-2,13(17)18)11(12(15)16)9-10(3)4/h5-6,10-11H,1-2,7-9H2,3-4H3,(H,15,16)(H,17,18). The van der Waals surface area contributed by atoms with E-state index in [2.05, 4.69) is 13.2 Å². The van der Waals surface area contributed by atoms with Gasteiger partial charge < -0.3 is 10.2 Å². The lowest BCUT2D eigenvalue weighted by molar-refractivity contribution is -0.163. The number of aliphatic carboxylic acids is 2. The molecule has 0 spiro atoms. The van der Waals surface area contributed by atoms with Gasteiger partial charge in [-0.05, 0) is 25.2 Å². The molecule has 0 radical (unpaired) electrons. The van der Waals surface area contributed by atoms with E-state index in [9.17, 15) is 19.8 Å². The van der Waals surface area contributed by atoms with Crippen LogP contribution in [0.2, 0.25) is 0 Å². The van der Waals surface area contributed by atoms with E-state index in [4.69, 9.17) is 0 Å². The van der Waals surface area contributed by atoms with Gasteiger partial charge in [0, 0.05) is 0 Å². The van der Waals surface area contributed by atoms with Crippen molar-refractivity contribution in [1.29, 1.82) is 0 Å². The molecule has 0 bridgehead atoms. The molecule has 0 aliphatic rings. The number of hydrogen-bond donors (Lipinski definition) is 2. The second-order valence-electron chi connectivity index (χ2n) is 4.97. The van der Waals surface area contributed by atoms with Gasteiger partial charge in [0.2, 0.25) is 0 Å². The molecular formula is C14H22O4. The zero-order valence-electron chi connectivity index (χ0n) is 11.1. The summed E-state index contributed by atoms with van der Waals surface area (Å²) in [4.78, 5) is 23.0. The van der Waals surface area contributed by atoms with Crippen LogP contribution in [0.25, 0.3) is 0 Å². The summed E-state index contributed by atoms with van der Waals surface area (Å²) in [5, 5.41) is 18.8. The zero-order chi connectivity index (χ0) is 14.3. The highest BCUT2D eigenvalue weighted by molar-refractivity contribution is 5.83. The van der Waals surface area contributed by atoms with Crippen molar-refractivity contribution in [2.45, 2.75) is 33.1 Å². The molecule has 4 nitrogen and oxygen atoms in total. The highest BCUT2D eigenvalue weighted by Crippen LogP contribution is 2.40. The molecule has 2 N–H and O–H groups in total. The summed E-state index contributed by atoms with van der Waals surface area (Å²) >= 11 is 0. The van der Waals surface area contributed by atoms with Crippen molar-refractivity contribution >= 4 is 11.9 Å². The van der Waals surface area contributed by atoms with Crippen molar-refractivity contribution in [3.05, 3.63) is 25.3 Å². The van der Waals surface area contributed by atoms with Gasteiger partial charge in [0.1, 0.15) is 0 Å². The molecule has 18 heavy (non-hydrogen) atoms. The Bertz CT molecular complexity index is 321. The van der Waals surface area contributed by atoms with Gasteiger partial charge in [0.25, 0.3) is 0 Å². The largest absolute Gasteiger partial charge is 0.481 e. The van der Waals surface area contributed by atoms with Crippen LogP contribution in [0.5, 0.6) is 0 Å². The number of rotatable bonds is 9. The third kappa shape index (κ3) is 3.72. The second kappa shape index (κ2) is 6.99. The Morgan fingerprint density at radius 1 is 1.17 bits per heavy atom. The highest BCUT2D eigenvalue weighted by atomic mass is 16.4. The Morgan fingerprint density at radius 2 is 1.61 bits per heavy atom. The van der Waals surface area contributed by atoms with Crippen LogP contribution in [0.15, 0.2) is 25.3 Å². The topological polar surface area (TPSA) is 74.6 Å². The number of carboxylic acid groups (broad SMARTS) is 2. The summed E-state index contributed by atoms with van der Waals surface area (Å²) in [5.74, 6) is -3.00. The molecule has 0 heterocycles. The molecule has 0 aliphatic carbocycles. The van der Waals surface area contributed by atoms with E-state index in [1.54, 1.807) is 0 Å². The van der Waals surface area contributed by atoms with Crippen molar-refractivity contribution in [3.8, 4) is 0 Å². The molecule has 0 saturated heterocycles. The van der Waals surface area contributed by atoms with E-state index < -0.39 is 23.3 Å². The van der Waals surface area contributed by atoms with Crippen LogP contribution >= 0.6 is 0 Å². The van der Waals surface area contributed by atoms with E-state index in [1.165, 1.54) is 12.2 Å². The van der Waals surface area contributed by atoms with E-state index in [0.29, 0.717) is 6.42 Å². The minimum absolute atomic E-state index is 0.111. The monoisotopic (exact) mass is 254 g/mol. The molecule has 4 heteroatoms. The lowest BCUT2D eigenvalue weighted by Crippen LogP contribution is -2.42. The van der Waals surface area contributed by atoms with Crippen LogP contribution in [0.4, 0.5) is 0 Å². The number of carboxylic acids is 2. The molecule has 1 unspecified atom stereocenters. The van der Waals surface area contributed by atoms with Gasteiger partial charge in [0.15, 0.2) is 0 Å². The van der Waals surface area contributed by atoms with Crippen molar-refractivity contribution in [1.82, 2.24) is 0 Å². The van der Waals surface area contributed by atoms with E-state index in [-0.39, 0.29) is 18.8 Å². The van der Waals surface area contributed by atoms with Crippen molar-refractivity contribution in [3.63, 3.8) is 0 Å². The molecule has 0 aromatic carbocycles. The Kier molecular flexibility index (Phi) is 6.37. The van der Waals surface area contributed by atoms with Crippen LogP contribution in [0.1, 0.15) is 33.1 Å². The lowest BCUT2D eigenvalue weighted by atomic mass is 9.67. The lowest BCUT2D eigenvalue weighted by Gasteiger charge is -2.34. The predicted molar refractivity (Wildman–Crippen MR) is 70.3 cm³/mol. The fraction of sp³-hybridized carbons (Fsp3) is 0.571. The van der Waals surface area contributed by atoms with Gasteiger partial charge in [0.05, 0.1) is 11.3 Å². The maximum Gasteiger partial charge on any atom is 0.311 e. The molecule has 0 aliphatic heterocycles. The molecule has 102 valence electrons. The summed E-state index contributed by atoms with van der Waals surface area (Å²) < 4.78 is 0. The van der Waals surface area contributed by atoms with Gasteiger partial charge in [-0.1, -0.05) is 26.0 Å². The van der Waals surface area contributed by atoms with Gasteiger partial charge >= 0.3 is 11.9 Å². The Balaban J connectivity index is 5.57. The number of allylic oxidation sites excluding steroid dienone is 2. The van der Waals surface area contributed by atoms with Crippen molar-refractivity contribution in [2.75, 3.05) is 0 Å². The Morgan fingerprint density at radius 3 is 1.83 bits per heavy atom. The molecule has 0 fully saturated rings. The third-order valence-electron chi connectivity index (χ3n) is 3.12. The van der Waals surface area contributed by atoms with Gasteiger partial charge in [-0.2, -0.15) is 0 Å². The minimum atomic E-state index is -1.35. The van der Waals surface area contributed by atoms with Crippen LogP contribution in [0.3, 0.4) is 0 Å². The predicted octanol–water partition coefficient (Wildman–Crippen LogP) is 2.96. The number of carbonyl (C=O) groups is 2. The van der Waals surface area contributed by atoms with Gasteiger partial charge in [-0.3, -0.25) is 9.59 Å². The Labute approximate surface area is 108 Å². The first-order valence-electron chi connectivity index (χ1n) is 5.99.